The molecule has 1 aliphatic carbocycles. The van der Waals surface area contributed by atoms with E-state index in [0.717, 1.165) is 31.2 Å². The van der Waals surface area contributed by atoms with Crippen LogP contribution in [0.5, 0.6) is 5.75 Å². The summed E-state index contributed by atoms with van der Waals surface area (Å²) in [6, 6.07) is 17.1. The van der Waals surface area contributed by atoms with Crippen molar-refractivity contribution in [1.82, 2.24) is 13.9 Å². The Morgan fingerprint density at radius 3 is 2.36 bits per heavy atom. The number of aliphatic hydroxyl groups is 1. The number of rotatable bonds is 11. The highest BCUT2D eigenvalue weighted by atomic mass is 32.2. The molecule has 214 valence electrons. The molecule has 1 saturated carbocycles. The van der Waals surface area contributed by atoms with E-state index in [1.165, 1.54) is 15.0 Å². The van der Waals surface area contributed by atoms with Crippen LogP contribution in [0.15, 0.2) is 54.6 Å². The first-order valence-electron chi connectivity index (χ1n) is 14.2. The zero-order valence-electron chi connectivity index (χ0n) is 23.2. The van der Waals surface area contributed by atoms with Gasteiger partial charge < -0.3 is 15.2 Å². The lowest BCUT2D eigenvalue weighted by molar-refractivity contribution is 0.0323. The van der Waals surface area contributed by atoms with Gasteiger partial charge in [0.2, 0.25) is 0 Å². The van der Waals surface area contributed by atoms with Gasteiger partial charge in [-0.3, -0.25) is 4.79 Å². The molecule has 1 saturated heterocycles. The Labute approximate surface area is 233 Å². The van der Waals surface area contributed by atoms with Crippen molar-refractivity contribution < 1.29 is 23.1 Å². The first-order chi connectivity index (χ1) is 18.8. The molecule has 2 fully saturated rings. The van der Waals surface area contributed by atoms with Gasteiger partial charge in [0.15, 0.2) is 0 Å². The topological polar surface area (TPSA) is 99.2 Å². The molecule has 39 heavy (non-hydrogen) atoms. The number of piperidine rings is 1. The van der Waals surface area contributed by atoms with E-state index in [1.54, 1.807) is 32.2 Å². The van der Waals surface area contributed by atoms with E-state index in [0.29, 0.717) is 56.1 Å². The number of aliphatic hydroxyl groups excluding tert-OH is 1. The van der Waals surface area contributed by atoms with Gasteiger partial charge in [0.05, 0.1) is 12.7 Å². The summed E-state index contributed by atoms with van der Waals surface area (Å²) in [6.07, 6.45) is 6.22. The van der Waals surface area contributed by atoms with Crippen LogP contribution in [-0.2, 0) is 15.6 Å². The third kappa shape index (κ3) is 6.82. The average molecular weight is 558 g/mol. The van der Waals surface area contributed by atoms with E-state index in [2.05, 4.69) is 5.32 Å². The van der Waals surface area contributed by atoms with Crippen molar-refractivity contribution >= 4 is 16.1 Å². The number of ether oxygens (including phenoxy) is 1. The van der Waals surface area contributed by atoms with Crippen molar-refractivity contribution in [2.75, 3.05) is 33.3 Å². The third-order valence-electron chi connectivity index (χ3n) is 8.54. The Kier molecular flexibility index (Phi) is 10.0. The third-order valence-corrected chi connectivity index (χ3v) is 10.7. The highest BCUT2D eigenvalue weighted by Crippen LogP contribution is 2.37. The van der Waals surface area contributed by atoms with E-state index in [-0.39, 0.29) is 12.5 Å². The summed E-state index contributed by atoms with van der Waals surface area (Å²) in [5.41, 5.74) is 1.13. The molecule has 0 aromatic heterocycles. The first-order valence-corrected chi connectivity index (χ1v) is 15.6. The number of para-hydroxylation sites is 1. The van der Waals surface area contributed by atoms with E-state index in [4.69, 9.17) is 4.74 Å². The first kappa shape index (κ1) is 29.5. The molecule has 4 rings (SSSR count). The number of nitrogens with one attached hydrogen (secondary N) is 1. The summed E-state index contributed by atoms with van der Waals surface area (Å²) in [4.78, 5) is 13.1. The standard InChI is InChI=1S/C30H43N3O5S/c1-3-33(28(34)22-24-12-6-4-7-13-24)39(36,37)32-20-18-30(19-21-32,25-14-8-5-9-15-25)23-31-29(35)26-16-10-11-17-27(26)38-2/h5,8-11,14-17,24,28,34H,3-4,6-7,12-13,18-23H2,1-2H3,(H,31,35). The normalized spacial score (nSPS) is 19.5. The summed E-state index contributed by atoms with van der Waals surface area (Å²) in [5, 5.41) is 14.1. The Hall–Kier alpha value is -2.46. The fourth-order valence-corrected chi connectivity index (χ4v) is 7.86. The van der Waals surface area contributed by atoms with Crippen LogP contribution in [0, 0.1) is 5.92 Å². The zero-order valence-corrected chi connectivity index (χ0v) is 24.0. The molecule has 0 bridgehead atoms. The van der Waals surface area contributed by atoms with Crippen LogP contribution in [0.1, 0.15) is 74.2 Å². The van der Waals surface area contributed by atoms with Crippen molar-refractivity contribution in [3.63, 3.8) is 0 Å². The Balaban J connectivity index is 1.47. The maximum Gasteiger partial charge on any atom is 0.284 e. The molecular formula is C30H43N3O5S. The number of carbonyl (C=O) groups excluding carboxylic acids is 1. The van der Waals surface area contributed by atoms with E-state index >= 15 is 0 Å². The van der Waals surface area contributed by atoms with Crippen molar-refractivity contribution in [2.24, 2.45) is 5.92 Å². The van der Waals surface area contributed by atoms with Gasteiger partial charge in [0.25, 0.3) is 16.1 Å². The number of amides is 1. The van der Waals surface area contributed by atoms with Crippen LogP contribution >= 0.6 is 0 Å². The lowest BCUT2D eigenvalue weighted by Crippen LogP contribution is -2.55. The van der Waals surface area contributed by atoms with Crippen LogP contribution in [-0.4, -0.2) is 67.6 Å². The van der Waals surface area contributed by atoms with Gasteiger partial charge in [0.1, 0.15) is 12.0 Å². The fraction of sp³-hybridized carbons (Fsp3) is 0.567. The van der Waals surface area contributed by atoms with Gasteiger partial charge in [-0.25, -0.2) is 0 Å². The molecule has 2 aliphatic rings. The molecule has 1 unspecified atom stereocenters. The van der Waals surface area contributed by atoms with E-state index in [1.807, 2.05) is 36.4 Å². The molecule has 1 heterocycles. The Morgan fingerprint density at radius 2 is 1.72 bits per heavy atom. The molecule has 1 atom stereocenters. The molecule has 2 aromatic rings. The van der Waals surface area contributed by atoms with Gasteiger partial charge in [0, 0.05) is 31.6 Å². The summed E-state index contributed by atoms with van der Waals surface area (Å²) in [6.45, 7) is 3.02. The predicted octanol–water partition coefficient (Wildman–Crippen LogP) is 4.31. The predicted molar refractivity (Wildman–Crippen MR) is 153 cm³/mol. The number of hydrogen-bond acceptors (Lipinski definition) is 5. The van der Waals surface area contributed by atoms with Crippen LogP contribution in [0.4, 0.5) is 0 Å². The second kappa shape index (κ2) is 13.3. The fourth-order valence-electron chi connectivity index (χ4n) is 6.20. The minimum Gasteiger partial charge on any atom is -0.496 e. The summed E-state index contributed by atoms with van der Waals surface area (Å²) >= 11 is 0. The summed E-state index contributed by atoms with van der Waals surface area (Å²) in [5.74, 6) is 0.661. The number of methoxy groups -OCH3 is 1. The summed E-state index contributed by atoms with van der Waals surface area (Å²) < 4.78 is 35.5. The van der Waals surface area contributed by atoms with Gasteiger partial charge in [-0.15, -0.1) is 0 Å². The van der Waals surface area contributed by atoms with Crippen LogP contribution < -0.4 is 10.1 Å². The lowest BCUT2D eigenvalue weighted by Gasteiger charge is -2.43. The second-order valence-electron chi connectivity index (χ2n) is 10.9. The number of benzene rings is 2. The van der Waals surface area contributed by atoms with Gasteiger partial charge >= 0.3 is 0 Å². The number of carbonyl (C=O) groups is 1. The molecule has 2 aromatic carbocycles. The van der Waals surface area contributed by atoms with Crippen molar-refractivity contribution in [1.29, 1.82) is 0 Å². The Bertz CT molecular complexity index is 1180. The van der Waals surface area contributed by atoms with Crippen molar-refractivity contribution in [2.45, 2.75) is 69.9 Å². The van der Waals surface area contributed by atoms with Crippen LogP contribution in [0.25, 0.3) is 0 Å². The second-order valence-corrected chi connectivity index (χ2v) is 12.7. The molecule has 1 amide bonds. The SMILES string of the molecule is CCN(C(O)CC1CCCCC1)S(=O)(=O)N1CCC(CNC(=O)c2ccccc2OC)(c2ccccc2)CC1. The van der Waals surface area contributed by atoms with Gasteiger partial charge in [-0.05, 0) is 42.9 Å². The van der Waals surface area contributed by atoms with E-state index in [9.17, 15) is 18.3 Å². The van der Waals surface area contributed by atoms with Gasteiger partial charge in [-0.2, -0.15) is 17.0 Å². The minimum atomic E-state index is -3.83. The quantitative estimate of drug-likeness (QED) is 0.401. The maximum absolute atomic E-state index is 13.7. The van der Waals surface area contributed by atoms with Gasteiger partial charge in [-0.1, -0.05) is 81.5 Å². The summed E-state index contributed by atoms with van der Waals surface area (Å²) in [7, 11) is -2.29. The Morgan fingerprint density at radius 1 is 1.08 bits per heavy atom. The molecule has 9 heteroatoms. The molecular weight excluding hydrogens is 514 g/mol. The highest BCUT2D eigenvalue weighted by molar-refractivity contribution is 7.86. The minimum absolute atomic E-state index is 0.221. The molecule has 0 radical (unpaired) electrons. The van der Waals surface area contributed by atoms with Crippen LogP contribution in [0.2, 0.25) is 0 Å². The molecule has 8 nitrogen and oxygen atoms in total. The monoisotopic (exact) mass is 557 g/mol. The average Bonchev–Trinajstić information content (AvgIpc) is 2.97. The van der Waals surface area contributed by atoms with Crippen molar-refractivity contribution in [3.8, 4) is 5.75 Å². The molecule has 1 aliphatic heterocycles. The number of nitrogens with zero attached hydrogens (tertiary/aromatic N) is 2. The molecule has 2 N–H and O–H groups in total. The smallest absolute Gasteiger partial charge is 0.284 e. The molecule has 0 spiro atoms. The zero-order chi connectivity index (χ0) is 27.9. The lowest BCUT2D eigenvalue weighted by atomic mass is 9.73. The number of hydrogen-bond donors (Lipinski definition) is 2. The largest absolute Gasteiger partial charge is 0.496 e. The van der Waals surface area contributed by atoms with Crippen molar-refractivity contribution in [3.05, 3.63) is 65.7 Å². The van der Waals surface area contributed by atoms with E-state index < -0.39 is 21.9 Å². The highest BCUT2D eigenvalue weighted by Gasteiger charge is 2.42. The maximum atomic E-state index is 13.7. The van der Waals surface area contributed by atoms with Crippen LogP contribution in [0.3, 0.4) is 0 Å².